The number of rotatable bonds is 7. The van der Waals surface area contributed by atoms with Gasteiger partial charge >= 0.3 is 5.69 Å². The van der Waals surface area contributed by atoms with E-state index < -0.39 is 13.0 Å². The van der Waals surface area contributed by atoms with E-state index in [1.807, 2.05) is 0 Å². The summed E-state index contributed by atoms with van der Waals surface area (Å²) in [6.45, 7) is 7.43. The first kappa shape index (κ1) is 14.5. The number of carbonyl (C=O) groups excluding carboxylic acids is 1. The monoisotopic (exact) mass is 271 g/mol. The van der Waals surface area contributed by atoms with Gasteiger partial charge in [-0.15, -0.1) is 0 Å². The van der Waals surface area contributed by atoms with Crippen molar-refractivity contribution >= 4 is 20.0 Å². The van der Waals surface area contributed by atoms with Crippen LogP contribution < -0.4 is 0 Å². The van der Waals surface area contributed by atoms with Crippen molar-refractivity contribution in [3.8, 4) is 0 Å². The van der Waals surface area contributed by atoms with Crippen molar-refractivity contribution in [3.05, 3.63) is 22.0 Å². The number of nitrogens with zero attached hydrogens (tertiary/aromatic N) is 3. The molecule has 0 radical (unpaired) electrons. The highest BCUT2D eigenvalue weighted by atomic mass is 28.3. The highest BCUT2D eigenvalue weighted by Gasteiger charge is 2.18. The van der Waals surface area contributed by atoms with Crippen LogP contribution in [0.25, 0.3) is 0 Å². The van der Waals surface area contributed by atoms with Gasteiger partial charge < -0.3 is 4.74 Å². The van der Waals surface area contributed by atoms with Crippen molar-refractivity contribution in [1.82, 2.24) is 9.78 Å². The minimum atomic E-state index is -1.14. The van der Waals surface area contributed by atoms with Crippen LogP contribution in [0.15, 0.2) is 6.20 Å². The lowest BCUT2D eigenvalue weighted by Gasteiger charge is -2.15. The molecular formula is C10H17N3O4Si. The van der Waals surface area contributed by atoms with E-state index in [-0.39, 0.29) is 18.1 Å². The third-order valence-corrected chi connectivity index (χ3v) is 4.00. The molecule has 0 aliphatic rings. The maximum absolute atomic E-state index is 10.6. The van der Waals surface area contributed by atoms with E-state index in [9.17, 15) is 14.9 Å². The third-order valence-electron chi connectivity index (χ3n) is 2.30. The molecule has 0 aliphatic carbocycles. The second-order valence-electron chi connectivity index (χ2n) is 5.16. The largest absolute Gasteiger partial charge is 0.360 e. The molecule has 100 valence electrons. The van der Waals surface area contributed by atoms with Crippen LogP contribution in [0.2, 0.25) is 25.7 Å². The Balaban J connectivity index is 2.53. The molecule has 18 heavy (non-hydrogen) atoms. The standard InChI is InChI=1S/C10H17N3O4Si/c1-18(2,3)5-4-17-8-12-6-10(13(15)16)9(7-14)11-12/h6-7H,4-5,8H2,1-3H3. The normalized spacial score (nSPS) is 11.5. The number of ether oxygens (including phenoxy) is 1. The predicted molar refractivity (Wildman–Crippen MR) is 68.4 cm³/mol. The van der Waals surface area contributed by atoms with Crippen molar-refractivity contribution in [2.45, 2.75) is 32.4 Å². The van der Waals surface area contributed by atoms with Gasteiger partial charge in [-0.1, -0.05) is 19.6 Å². The fraction of sp³-hybridized carbons (Fsp3) is 0.600. The molecule has 1 heterocycles. The fourth-order valence-electron chi connectivity index (χ4n) is 1.25. The van der Waals surface area contributed by atoms with Gasteiger partial charge in [-0.2, -0.15) is 5.10 Å². The van der Waals surface area contributed by atoms with Crippen LogP contribution in [-0.4, -0.2) is 35.7 Å². The highest BCUT2D eigenvalue weighted by molar-refractivity contribution is 6.76. The summed E-state index contributed by atoms with van der Waals surface area (Å²) < 4.78 is 6.65. The molecule has 0 saturated heterocycles. The van der Waals surface area contributed by atoms with Crippen molar-refractivity contribution in [2.24, 2.45) is 0 Å². The van der Waals surface area contributed by atoms with E-state index in [4.69, 9.17) is 4.74 Å². The van der Waals surface area contributed by atoms with E-state index in [2.05, 4.69) is 24.7 Å². The minimum absolute atomic E-state index is 0.124. The van der Waals surface area contributed by atoms with Gasteiger partial charge in [-0.3, -0.25) is 14.9 Å². The Bertz CT molecular complexity index is 439. The Labute approximate surface area is 106 Å². The zero-order valence-corrected chi connectivity index (χ0v) is 11.8. The molecule has 0 N–H and O–H groups in total. The molecule has 0 fully saturated rings. The maximum atomic E-state index is 10.6. The summed E-state index contributed by atoms with van der Waals surface area (Å²) in [5.74, 6) is 0. The second kappa shape index (κ2) is 5.87. The number of nitro groups is 1. The lowest BCUT2D eigenvalue weighted by atomic mass is 10.4. The summed E-state index contributed by atoms with van der Waals surface area (Å²) in [6, 6.07) is 1.01. The Morgan fingerprint density at radius 3 is 2.67 bits per heavy atom. The van der Waals surface area contributed by atoms with E-state index >= 15 is 0 Å². The molecule has 8 heteroatoms. The van der Waals surface area contributed by atoms with Gasteiger partial charge in [0.15, 0.2) is 6.29 Å². The third kappa shape index (κ3) is 4.38. The van der Waals surface area contributed by atoms with E-state index in [0.29, 0.717) is 12.9 Å². The van der Waals surface area contributed by atoms with Crippen molar-refractivity contribution in [2.75, 3.05) is 6.61 Å². The van der Waals surface area contributed by atoms with Crippen LogP contribution >= 0.6 is 0 Å². The zero-order valence-electron chi connectivity index (χ0n) is 10.8. The molecule has 1 aromatic heterocycles. The van der Waals surface area contributed by atoms with Gasteiger partial charge in [0.05, 0.1) is 4.92 Å². The number of hydrogen-bond donors (Lipinski definition) is 0. The molecule has 0 spiro atoms. The number of aldehydes is 1. The SMILES string of the molecule is C[Si](C)(C)CCOCn1cc([N+](=O)[O-])c(C=O)n1. The van der Waals surface area contributed by atoms with Gasteiger partial charge in [-0.05, 0) is 6.04 Å². The molecule has 0 bridgehead atoms. The number of aromatic nitrogens is 2. The lowest BCUT2D eigenvalue weighted by molar-refractivity contribution is -0.385. The summed E-state index contributed by atoms with van der Waals surface area (Å²) in [6.07, 6.45) is 1.58. The van der Waals surface area contributed by atoms with Gasteiger partial charge in [0, 0.05) is 14.7 Å². The summed E-state index contributed by atoms with van der Waals surface area (Å²) >= 11 is 0. The van der Waals surface area contributed by atoms with Gasteiger partial charge in [-0.25, -0.2) is 4.68 Å². The van der Waals surface area contributed by atoms with E-state index in [1.165, 1.54) is 10.9 Å². The van der Waals surface area contributed by atoms with Crippen LogP contribution in [0.3, 0.4) is 0 Å². The molecular weight excluding hydrogens is 254 g/mol. The number of carbonyl (C=O) groups is 1. The van der Waals surface area contributed by atoms with Crippen LogP contribution in [0.4, 0.5) is 5.69 Å². The van der Waals surface area contributed by atoms with Gasteiger partial charge in [0.2, 0.25) is 5.69 Å². The molecule has 0 saturated carbocycles. The zero-order chi connectivity index (χ0) is 13.8. The Kier molecular flexibility index (Phi) is 4.74. The Hall–Kier alpha value is -1.54. The van der Waals surface area contributed by atoms with Gasteiger partial charge in [0.25, 0.3) is 0 Å². The quantitative estimate of drug-likeness (QED) is 0.248. The summed E-state index contributed by atoms with van der Waals surface area (Å²) in [7, 11) is -1.14. The average molecular weight is 271 g/mol. The molecule has 0 amide bonds. The molecule has 0 unspecified atom stereocenters. The second-order valence-corrected chi connectivity index (χ2v) is 10.8. The van der Waals surface area contributed by atoms with Gasteiger partial charge in [0.1, 0.15) is 12.9 Å². The Morgan fingerprint density at radius 2 is 2.22 bits per heavy atom. The molecule has 0 aromatic carbocycles. The lowest BCUT2D eigenvalue weighted by Crippen LogP contribution is -2.22. The molecule has 7 nitrogen and oxygen atoms in total. The topological polar surface area (TPSA) is 87.3 Å². The maximum Gasteiger partial charge on any atom is 0.317 e. The summed E-state index contributed by atoms with van der Waals surface area (Å²) in [4.78, 5) is 20.6. The smallest absolute Gasteiger partial charge is 0.317 e. The minimum Gasteiger partial charge on any atom is -0.360 e. The predicted octanol–water partition coefficient (Wildman–Crippen LogP) is 1.92. The molecule has 1 rings (SSSR count). The Morgan fingerprint density at radius 1 is 1.56 bits per heavy atom. The van der Waals surface area contributed by atoms with E-state index in [1.54, 1.807) is 0 Å². The average Bonchev–Trinajstić information content (AvgIpc) is 2.66. The van der Waals surface area contributed by atoms with Crippen molar-refractivity contribution in [1.29, 1.82) is 0 Å². The first-order chi connectivity index (χ1) is 8.33. The van der Waals surface area contributed by atoms with Crippen LogP contribution in [-0.2, 0) is 11.5 Å². The fourth-order valence-corrected chi connectivity index (χ4v) is 2.01. The van der Waals surface area contributed by atoms with Crippen molar-refractivity contribution in [3.63, 3.8) is 0 Å². The van der Waals surface area contributed by atoms with Crippen LogP contribution in [0.5, 0.6) is 0 Å². The number of hydrogen-bond acceptors (Lipinski definition) is 5. The summed E-state index contributed by atoms with van der Waals surface area (Å²) in [5.41, 5.74) is -0.465. The van der Waals surface area contributed by atoms with Crippen molar-refractivity contribution < 1.29 is 14.5 Å². The highest BCUT2D eigenvalue weighted by Crippen LogP contribution is 2.14. The van der Waals surface area contributed by atoms with Crippen LogP contribution in [0.1, 0.15) is 10.5 Å². The molecule has 1 aromatic rings. The van der Waals surface area contributed by atoms with E-state index in [0.717, 1.165) is 6.04 Å². The first-order valence-electron chi connectivity index (χ1n) is 5.58. The first-order valence-corrected chi connectivity index (χ1v) is 9.29. The molecule has 0 atom stereocenters. The molecule has 0 aliphatic heterocycles. The van der Waals surface area contributed by atoms with Crippen LogP contribution in [0, 0.1) is 10.1 Å². The summed E-state index contributed by atoms with van der Waals surface area (Å²) in [5, 5.41) is 14.4.